The highest BCUT2D eigenvalue weighted by Crippen LogP contribution is 2.45. The standard InChI is InChI=1S/C6H11O7PS/c1-15-2-3(5(7)8)4(6(9)10)14(11,12)13/h3-4H,2H2,1H3,(H,7,8)(H,9,10)(H2,11,12,13). The number of rotatable bonds is 6. The average molecular weight is 258 g/mol. The number of carboxylic acid groups (broad SMARTS) is 2. The summed E-state index contributed by atoms with van der Waals surface area (Å²) in [5.74, 6) is -5.10. The maximum Gasteiger partial charge on any atom is 0.340 e. The third-order valence-electron chi connectivity index (χ3n) is 1.66. The summed E-state index contributed by atoms with van der Waals surface area (Å²) in [4.78, 5) is 38.8. The molecule has 0 aliphatic carbocycles. The summed E-state index contributed by atoms with van der Waals surface area (Å²) >= 11 is 1.01. The van der Waals surface area contributed by atoms with Crippen LogP contribution in [0.2, 0.25) is 0 Å². The van der Waals surface area contributed by atoms with E-state index in [1.54, 1.807) is 0 Å². The fourth-order valence-corrected chi connectivity index (χ4v) is 2.85. The zero-order chi connectivity index (χ0) is 12.2. The number of aliphatic carboxylic acids is 2. The van der Waals surface area contributed by atoms with Crippen LogP contribution in [0.5, 0.6) is 0 Å². The molecule has 0 amide bonds. The van der Waals surface area contributed by atoms with Crippen molar-refractivity contribution in [2.24, 2.45) is 5.92 Å². The fourth-order valence-electron chi connectivity index (χ4n) is 1.03. The molecular formula is C6H11O7PS. The molecule has 0 aromatic carbocycles. The maximum absolute atomic E-state index is 10.8. The highest BCUT2D eigenvalue weighted by Gasteiger charge is 2.45. The lowest BCUT2D eigenvalue weighted by atomic mass is 10.1. The van der Waals surface area contributed by atoms with Crippen LogP contribution in [0.25, 0.3) is 0 Å². The smallest absolute Gasteiger partial charge is 0.340 e. The minimum Gasteiger partial charge on any atom is -0.481 e. The number of hydrogen-bond donors (Lipinski definition) is 4. The van der Waals surface area contributed by atoms with Crippen LogP contribution in [0.3, 0.4) is 0 Å². The van der Waals surface area contributed by atoms with Gasteiger partial charge in [0.2, 0.25) is 0 Å². The SMILES string of the molecule is CSCC(C(=O)O)C(C(=O)O)P(=O)(O)O. The van der Waals surface area contributed by atoms with Gasteiger partial charge in [-0.15, -0.1) is 0 Å². The summed E-state index contributed by atoms with van der Waals surface area (Å²) in [7, 11) is -4.97. The van der Waals surface area contributed by atoms with Crippen LogP contribution in [0, 0.1) is 5.92 Å². The molecular weight excluding hydrogens is 247 g/mol. The monoisotopic (exact) mass is 258 g/mol. The van der Waals surface area contributed by atoms with E-state index in [1.807, 2.05) is 0 Å². The molecule has 0 heterocycles. The Hall–Kier alpha value is -0.560. The van der Waals surface area contributed by atoms with Crippen LogP contribution in [0.15, 0.2) is 0 Å². The highest BCUT2D eigenvalue weighted by atomic mass is 32.2. The van der Waals surface area contributed by atoms with E-state index in [9.17, 15) is 14.2 Å². The predicted molar refractivity (Wildman–Crippen MR) is 53.0 cm³/mol. The Labute approximate surface area is 89.6 Å². The van der Waals surface area contributed by atoms with Crippen molar-refractivity contribution in [1.82, 2.24) is 0 Å². The van der Waals surface area contributed by atoms with Gasteiger partial charge in [0.25, 0.3) is 0 Å². The van der Waals surface area contributed by atoms with Crippen LogP contribution < -0.4 is 0 Å². The molecule has 0 rings (SSSR count). The molecule has 15 heavy (non-hydrogen) atoms. The van der Waals surface area contributed by atoms with Crippen molar-refractivity contribution in [3.8, 4) is 0 Å². The quantitative estimate of drug-likeness (QED) is 0.476. The third-order valence-corrected chi connectivity index (χ3v) is 3.66. The lowest BCUT2D eigenvalue weighted by Gasteiger charge is -2.20. The molecule has 2 atom stereocenters. The average Bonchev–Trinajstić information content (AvgIpc) is 1.99. The van der Waals surface area contributed by atoms with Gasteiger partial charge in [-0.3, -0.25) is 14.2 Å². The molecule has 0 saturated carbocycles. The van der Waals surface area contributed by atoms with Gasteiger partial charge in [-0.2, -0.15) is 11.8 Å². The zero-order valence-corrected chi connectivity index (χ0v) is 9.44. The van der Waals surface area contributed by atoms with Gasteiger partial charge in [-0.1, -0.05) is 0 Å². The topological polar surface area (TPSA) is 132 Å². The molecule has 0 bridgehead atoms. The molecule has 7 nitrogen and oxygen atoms in total. The van der Waals surface area contributed by atoms with Crippen molar-refractivity contribution in [3.05, 3.63) is 0 Å². The molecule has 0 fully saturated rings. The Morgan fingerprint density at radius 3 is 1.93 bits per heavy atom. The van der Waals surface area contributed by atoms with Crippen molar-refractivity contribution in [3.63, 3.8) is 0 Å². The van der Waals surface area contributed by atoms with E-state index in [4.69, 9.17) is 20.0 Å². The van der Waals surface area contributed by atoms with E-state index in [2.05, 4.69) is 0 Å². The molecule has 9 heteroatoms. The highest BCUT2D eigenvalue weighted by molar-refractivity contribution is 7.98. The summed E-state index contributed by atoms with van der Waals surface area (Å²) in [5, 5.41) is 17.3. The Balaban J connectivity index is 5.11. The van der Waals surface area contributed by atoms with Crippen LogP contribution in [-0.2, 0) is 14.2 Å². The number of carbonyl (C=O) groups is 2. The molecule has 0 spiro atoms. The van der Waals surface area contributed by atoms with Gasteiger partial charge >= 0.3 is 19.5 Å². The van der Waals surface area contributed by atoms with E-state index < -0.39 is 31.1 Å². The van der Waals surface area contributed by atoms with Crippen molar-refractivity contribution < 1.29 is 34.2 Å². The lowest BCUT2D eigenvalue weighted by Crippen LogP contribution is -2.36. The minimum absolute atomic E-state index is 0.169. The second-order valence-corrected chi connectivity index (χ2v) is 5.42. The zero-order valence-electron chi connectivity index (χ0n) is 7.73. The molecule has 88 valence electrons. The van der Waals surface area contributed by atoms with Gasteiger partial charge in [0, 0.05) is 5.75 Å². The van der Waals surface area contributed by atoms with Gasteiger partial charge in [0.15, 0.2) is 5.66 Å². The number of hydrogen-bond acceptors (Lipinski definition) is 4. The first-order chi connectivity index (χ1) is 6.71. The van der Waals surface area contributed by atoms with E-state index in [0.717, 1.165) is 11.8 Å². The summed E-state index contributed by atoms with van der Waals surface area (Å²) in [6, 6.07) is 0. The molecule has 0 aromatic rings. The first-order valence-corrected chi connectivity index (χ1v) is 6.79. The van der Waals surface area contributed by atoms with Gasteiger partial charge in [-0.25, -0.2) is 0 Å². The molecule has 0 saturated heterocycles. The van der Waals surface area contributed by atoms with Crippen molar-refractivity contribution in [2.45, 2.75) is 5.66 Å². The van der Waals surface area contributed by atoms with E-state index in [1.165, 1.54) is 6.26 Å². The Morgan fingerprint density at radius 2 is 1.73 bits per heavy atom. The summed E-state index contributed by atoms with van der Waals surface area (Å²) < 4.78 is 10.8. The molecule has 4 N–H and O–H groups in total. The Morgan fingerprint density at radius 1 is 1.27 bits per heavy atom. The molecule has 2 unspecified atom stereocenters. The maximum atomic E-state index is 10.8. The van der Waals surface area contributed by atoms with Crippen LogP contribution in [0.4, 0.5) is 0 Å². The van der Waals surface area contributed by atoms with Crippen molar-refractivity contribution >= 4 is 31.3 Å². The molecule has 0 aliphatic heterocycles. The normalized spacial score (nSPS) is 15.7. The van der Waals surface area contributed by atoms with Crippen LogP contribution >= 0.6 is 19.4 Å². The molecule has 0 aromatic heterocycles. The lowest BCUT2D eigenvalue weighted by molar-refractivity contribution is -0.147. The molecule has 0 radical (unpaired) electrons. The number of carboxylic acids is 2. The van der Waals surface area contributed by atoms with Gasteiger partial charge in [0.1, 0.15) is 0 Å². The van der Waals surface area contributed by atoms with Crippen LogP contribution in [0.1, 0.15) is 0 Å². The summed E-state index contributed by atoms with van der Waals surface area (Å²) in [6.45, 7) is 0. The first kappa shape index (κ1) is 14.4. The minimum atomic E-state index is -4.97. The second kappa shape index (κ2) is 5.50. The van der Waals surface area contributed by atoms with Gasteiger partial charge < -0.3 is 20.0 Å². The third kappa shape index (κ3) is 4.21. The van der Waals surface area contributed by atoms with Gasteiger partial charge in [0.05, 0.1) is 5.92 Å². The Kier molecular flexibility index (Phi) is 5.30. The van der Waals surface area contributed by atoms with E-state index in [-0.39, 0.29) is 5.75 Å². The fraction of sp³-hybridized carbons (Fsp3) is 0.667. The van der Waals surface area contributed by atoms with E-state index >= 15 is 0 Å². The number of thioether (sulfide) groups is 1. The van der Waals surface area contributed by atoms with Crippen molar-refractivity contribution in [1.29, 1.82) is 0 Å². The van der Waals surface area contributed by atoms with Crippen LogP contribution in [-0.4, -0.2) is 49.6 Å². The first-order valence-electron chi connectivity index (χ1n) is 3.71. The molecule has 0 aliphatic rings. The predicted octanol–water partition coefficient (Wildman–Crippen LogP) is -0.319. The van der Waals surface area contributed by atoms with E-state index in [0.29, 0.717) is 0 Å². The Bertz CT molecular complexity index is 298. The summed E-state index contributed by atoms with van der Waals surface area (Å²) in [5.41, 5.74) is -2.19. The largest absolute Gasteiger partial charge is 0.481 e. The second-order valence-electron chi connectivity index (χ2n) is 2.77. The van der Waals surface area contributed by atoms with Gasteiger partial charge in [-0.05, 0) is 6.26 Å². The summed E-state index contributed by atoms with van der Waals surface area (Å²) in [6.07, 6.45) is 1.52. The van der Waals surface area contributed by atoms with Crippen molar-refractivity contribution in [2.75, 3.05) is 12.0 Å².